The van der Waals surface area contributed by atoms with Gasteiger partial charge in [-0.2, -0.15) is 0 Å². The Morgan fingerprint density at radius 2 is 2.07 bits per heavy atom. The molecule has 0 aromatic heterocycles. The monoisotopic (exact) mass is 200 g/mol. The van der Waals surface area contributed by atoms with E-state index in [1.807, 2.05) is 0 Å². The van der Waals surface area contributed by atoms with Crippen molar-refractivity contribution in [1.82, 2.24) is 5.32 Å². The first-order valence-electron chi connectivity index (χ1n) is 4.99. The molecule has 4 nitrogen and oxygen atoms in total. The van der Waals surface area contributed by atoms with Crippen molar-refractivity contribution in [3.63, 3.8) is 0 Å². The molecule has 0 aliphatic heterocycles. The van der Waals surface area contributed by atoms with E-state index in [-0.39, 0.29) is 5.91 Å². The summed E-state index contributed by atoms with van der Waals surface area (Å²) in [5.74, 6) is -0.117. The lowest BCUT2D eigenvalue weighted by Crippen LogP contribution is -2.22. The van der Waals surface area contributed by atoms with E-state index in [1.165, 1.54) is 6.08 Å². The Morgan fingerprint density at radius 3 is 2.71 bits per heavy atom. The van der Waals surface area contributed by atoms with E-state index in [2.05, 4.69) is 11.9 Å². The molecular formula is C10H20N2O2. The van der Waals surface area contributed by atoms with Crippen molar-refractivity contribution in [2.45, 2.75) is 19.3 Å². The van der Waals surface area contributed by atoms with Crippen molar-refractivity contribution in [3.05, 3.63) is 12.7 Å². The van der Waals surface area contributed by atoms with Crippen molar-refractivity contribution in [3.8, 4) is 0 Å². The Morgan fingerprint density at radius 1 is 1.36 bits per heavy atom. The number of hydrogen-bond donors (Lipinski definition) is 2. The molecule has 0 unspecified atom stereocenters. The Kier molecular flexibility index (Phi) is 9.58. The van der Waals surface area contributed by atoms with E-state index in [1.54, 1.807) is 0 Å². The minimum Gasteiger partial charge on any atom is -0.381 e. The van der Waals surface area contributed by atoms with Gasteiger partial charge in [0.2, 0.25) is 5.91 Å². The maximum Gasteiger partial charge on any atom is 0.243 e. The number of unbranched alkanes of at least 4 members (excludes halogenated alkanes) is 1. The summed E-state index contributed by atoms with van der Waals surface area (Å²) in [6.45, 7) is 6.19. The lowest BCUT2D eigenvalue weighted by atomic mass is 10.3. The first-order chi connectivity index (χ1) is 6.81. The maximum atomic E-state index is 10.7. The molecule has 4 heteroatoms. The van der Waals surface area contributed by atoms with Crippen molar-refractivity contribution in [1.29, 1.82) is 0 Å². The lowest BCUT2D eigenvalue weighted by Gasteiger charge is -2.03. The highest BCUT2D eigenvalue weighted by atomic mass is 16.5. The van der Waals surface area contributed by atoms with Crippen LogP contribution in [0.5, 0.6) is 0 Å². The molecule has 0 radical (unpaired) electrons. The second-order valence-electron chi connectivity index (χ2n) is 2.96. The molecule has 0 atom stereocenters. The third-order valence-corrected chi connectivity index (χ3v) is 1.69. The first kappa shape index (κ1) is 13.1. The van der Waals surface area contributed by atoms with Crippen LogP contribution in [0, 0.1) is 0 Å². The summed E-state index contributed by atoms with van der Waals surface area (Å²) in [5, 5.41) is 2.70. The van der Waals surface area contributed by atoms with Gasteiger partial charge in [0, 0.05) is 19.8 Å². The number of hydrogen-bond acceptors (Lipinski definition) is 3. The second kappa shape index (κ2) is 10.2. The largest absolute Gasteiger partial charge is 0.381 e. The Bertz CT molecular complexity index is 160. The standard InChI is InChI=1S/C10H20N2O2/c1-2-10(13)12-7-3-4-8-14-9-5-6-11/h2H,1,3-9,11H2,(H,12,13). The van der Waals surface area contributed by atoms with Gasteiger partial charge in [-0.25, -0.2) is 0 Å². The summed E-state index contributed by atoms with van der Waals surface area (Å²) < 4.78 is 5.29. The van der Waals surface area contributed by atoms with Gasteiger partial charge in [-0.05, 0) is 31.9 Å². The average molecular weight is 200 g/mol. The summed E-state index contributed by atoms with van der Waals surface area (Å²) in [7, 11) is 0. The van der Waals surface area contributed by atoms with E-state index < -0.39 is 0 Å². The molecular weight excluding hydrogens is 180 g/mol. The molecule has 0 saturated heterocycles. The minimum absolute atomic E-state index is 0.117. The van der Waals surface area contributed by atoms with E-state index in [0.717, 1.165) is 32.5 Å². The number of ether oxygens (including phenoxy) is 1. The molecule has 0 aromatic rings. The molecule has 0 aromatic carbocycles. The van der Waals surface area contributed by atoms with Crippen LogP contribution in [0.15, 0.2) is 12.7 Å². The smallest absolute Gasteiger partial charge is 0.243 e. The molecule has 82 valence electrons. The SMILES string of the molecule is C=CC(=O)NCCCCOCCCN. The van der Waals surface area contributed by atoms with Gasteiger partial charge < -0.3 is 15.8 Å². The van der Waals surface area contributed by atoms with Gasteiger partial charge in [0.1, 0.15) is 0 Å². The molecule has 0 fully saturated rings. The zero-order valence-electron chi connectivity index (χ0n) is 8.63. The van der Waals surface area contributed by atoms with E-state index in [4.69, 9.17) is 10.5 Å². The van der Waals surface area contributed by atoms with Crippen LogP contribution in [0.2, 0.25) is 0 Å². The molecule has 0 saturated carbocycles. The molecule has 0 aliphatic carbocycles. The molecule has 0 rings (SSSR count). The van der Waals surface area contributed by atoms with Crippen molar-refractivity contribution < 1.29 is 9.53 Å². The quantitative estimate of drug-likeness (QED) is 0.419. The summed E-state index contributed by atoms with van der Waals surface area (Å²) in [4.78, 5) is 10.7. The van der Waals surface area contributed by atoms with Crippen LogP contribution in [0.25, 0.3) is 0 Å². The summed E-state index contributed by atoms with van der Waals surface area (Å²) >= 11 is 0. The molecule has 0 aliphatic rings. The average Bonchev–Trinajstić information content (AvgIpc) is 2.21. The van der Waals surface area contributed by atoms with Crippen molar-refractivity contribution in [2.75, 3.05) is 26.3 Å². The zero-order valence-corrected chi connectivity index (χ0v) is 8.63. The number of amides is 1. The number of rotatable bonds is 9. The highest BCUT2D eigenvalue weighted by molar-refractivity contribution is 5.86. The minimum atomic E-state index is -0.117. The molecule has 0 bridgehead atoms. The Hall–Kier alpha value is -0.870. The van der Waals surface area contributed by atoms with Crippen LogP contribution in [-0.4, -0.2) is 32.2 Å². The van der Waals surface area contributed by atoms with E-state index in [0.29, 0.717) is 13.1 Å². The van der Waals surface area contributed by atoms with Gasteiger partial charge in [-0.1, -0.05) is 6.58 Å². The predicted molar refractivity (Wildman–Crippen MR) is 56.9 cm³/mol. The normalized spacial score (nSPS) is 9.79. The fourth-order valence-corrected chi connectivity index (χ4v) is 0.900. The van der Waals surface area contributed by atoms with E-state index >= 15 is 0 Å². The van der Waals surface area contributed by atoms with Gasteiger partial charge in [0.25, 0.3) is 0 Å². The summed E-state index contributed by atoms with van der Waals surface area (Å²) in [6, 6.07) is 0. The third-order valence-electron chi connectivity index (χ3n) is 1.69. The highest BCUT2D eigenvalue weighted by Crippen LogP contribution is 1.89. The van der Waals surface area contributed by atoms with Crippen LogP contribution < -0.4 is 11.1 Å². The zero-order chi connectivity index (χ0) is 10.6. The van der Waals surface area contributed by atoms with Gasteiger partial charge in [-0.3, -0.25) is 4.79 Å². The van der Waals surface area contributed by atoms with Crippen LogP contribution in [0.1, 0.15) is 19.3 Å². The van der Waals surface area contributed by atoms with Crippen molar-refractivity contribution in [2.24, 2.45) is 5.73 Å². The number of carbonyl (C=O) groups excluding carboxylic acids is 1. The predicted octanol–water partition coefficient (Wildman–Crippen LogP) is 0.434. The summed E-state index contributed by atoms with van der Waals surface area (Å²) in [6.07, 6.45) is 4.08. The molecule has 1 amide bonds. The molecule has 0 spiro atoms. The number of nitrogens with one attached hydrogen (secondary N) is 1. The van der Waals surface area contributed by atoms with Crippen LogP contribution in [-0.2, 0) is 9.53 Å². The number of nitrogens with two attached hydrogens (primary N) is 1. The maximum absolute atomic E-state index is 10.7. The van der Waals surface area contributed by atoms with Gasteiger partial charge in [0.05, 0.1) is 0 Å². The highest BCUT2D eigenvalue weighted by Gasteiger charge is 1.93. The lowest BCUT2D eigenvalue weighted by molar-refractivity contribution is -0.116. The van der Waals surface area contributed by atoms with Crippen LogP contribution in [0.3, 0.4) is 0 Å². The Balaban J connectivity index is 2.99. The fourth-order valence-electron chi connectivity index (χ4n) is 0.900. The molecule has 14 heavy (non-hydrogen) atoms. The Labute approximate surface area is 85.5 Å². The van der Waals surface area contributed by atoms with Crippen LogP contribution in [0.4, 0.5) is 0 Å². The number of carbonyl (C=O) groups is 1. The van der Waals surface area contributed by atoms with Gasteiger partial charge >= 0.3 is 0 Å². The van der Waals surface area contributed by atoms with Gasteiger partial charge in [-0.15, -0.1) is 0 Å². The van der Waals surface area contributed by atoms with Crippen molar-refractivity contribution >= 4 is 5.91 Å². The summed E-state index contributed by atoms with van der Waals surface area (Å²) in [5.41, 5.74) is 5.30. The van der Waals surface area contributed by atoms with Crippen LogP contribution >= 0.6 is 0 Å². The first-order valence-corrected chi connectivity index (χ1v) is 4.99. The third kappa shape index (κ3) is 9.22. The van der Waals surface area contributed by atoms with Gasteiger partial charge in [0.15, 0.2) is 0 Å². The molecule has 0 heterocycles. The molecule has 3 N–H and O–H groups in total. The van der Waals surface area contributed by atoms with E-state index in [9.17, 15) is 4.79 Å². The second-order valence-corrected chi connectivity index (χ2v) is 2.96. The fraction of sp³-hybridized carbons (Fsp3) is 0.700. The topological polar surface area (TPSA) is 64.3 Å².